The van der Waals surface area contributed by atoms with Crippen molar-refractivity contribution < 1.29 is 33.9 Å². The summed E-state index contributed by atoms with van der Waals surface area (Å²) in [4.78, 5) is 59.5. The summed E-state index contributed by atoms with van der Waals surface area (Å²) < 4.78 is 4.56. The number of β-lactam (4-membered cyclic amide) rings is 1. The van der Waals surface area contributed by atoms with Crippen molar-refractivity contribution in [2.75, 3.05) is 18.6 Å². The number of aromatic nitrogens is 1. The van der Waals surface area contributed by atoms with Crippen LogP contribution >= 0.6 is 23.1 Å². The molecule has 1 saturated heterocycles. The van der Waals surface area contributed by atoms with Gasteiger partial charge in [-0.05, 0) is 12.0 Å². The summed E-state index contributed by atoms with van der Waals surface area (Å²) in [6.07, 6.45) is -1.30. The number of esters is 1. The first-order valence-corrected chi connectivity index (χ1v) is 11.8. The van der Waals surface area contributed by atoms with E-state index in [2.05, 4.69) is 20.2 Å². The first kappa shape index (κ1) is 25.0. The molecule has 180 valence electrons. The van der Waals surface area contributed by atoms with E-state index in [4.69, 9.17) is 15.8 Å². The van der Waals surface area contributed by atoms with Crippen LogP contribution in [0.15, 0.2) is 21.8 Å². The predicted molar refractivity (Wildman–Crippen MR) is 120 cm³/mol. The van der Waals surface area contributed by atoms with Gasteiger partial charge in [0.25, 0.3) is 11.8 Å². The van der Waals surface area contributed by atoms with Gasteiger partial charge in [0.15, 0.2) is 10.8 Å². The van der Waals surface area contributed by atoms with Crippen molar-refractivity contribution in [2.24, 2.45) is 5.16 Å². The minimum absolute atomic E-state index is 0.0277. The topological polar surface area (TPSA) is 197 Å². The number of carbonyl (C=O) groups is 4. The number of nitrogens with zero attached hydrogens (tertiary/aromatic N) is 4. The van der Waals surface area contributed by atoms with E-state index in [1.54, 1.807) is 13.0 Å². The number of thiazole rings is 1. The van der Waals surface area contributed by atoms with Crippen LogP contribution in [-0.4, -0.2) is 74.8 Å². The second kappa shape index (κ2) is 10.5. The zero-order chi connectivity index (χ0) is 25.0. The third-order valence-electron chi connectivity index (χ3n) is 4.95. The Kier molecular flexibility index (Phi) is 7.74. The lowest BCUT2D eigenvalue weighted by atomic mass is 10.0. The van der Waals surface area contributed by atoms with Gasteiger partial charge in [0.2, 0.25) is 6.10 Å². The van der Waals surface area contributed by atoms with Crippen LogP contribution in [0.2, 0.25) is 0 Å². The molecule has 2 aliphatic heterocycles. The maximum absolute atomic E-state index is 13.0. The number of hydrogen-bond acceptors (Lipinski definition) is 12. The van der Waals surface area contributed by atoms with E-state index in [0.29, 0.717) is 17.7 Å². The molecule has 0 bridgehead atoms. The van der Waals surface area contributed by atoms with Gasteiger partial charge < -0.3 is 25.7 Å². The summed E-state index contributed by atoms with van der Waals surface area (Å²) >= 11 is 2.36. The van der Waals surface area contributed by atoms with Crippen molar-refractivity contribution in [3.8, 4) is 6.07 Å². The molecule has 2 aliphatic rings. The molecule has 15 heteroatoms. The van der Waals surface area contributed by atoms with Crippen LogP contribution in [0.3, 0.4) is 0 Å². The number of hydrogen-bond donors (Lipinski definition) is 3. The van der Waals surface area contributed by atoms with Gasteiger partial charge in [0.1, 0.15) is 22.8 Å². The van der Waals surface area contributed by atoms with Gasteiger partial charge in [-0.3, -0.25) is 14.5 Å². The minimum atomic E-state index is -1.39. The maximum Gasteiger partial charge on any atom is 0.352 e. The zero-order valence-corrected chi connectivity index (χ0v) is 19.6. The Morgan fingerprint density at radius 2 is 2.24 bits per heavy atom. The molecule has 3 atom stereocenters. The lowest BCUT2D eigenvalue weighted by molar-refractivity contribution is -0.153. The molecular weight excluding hydrogens is 488 g/mol. The number of fused-ring (bicyclic) bond motifs is 1. The molecule has 0 aromatic carbocycles. The highest BCUT2D eigenvalue weighted by Crippen LogP contribution is 2.41. The van der Waals surface area contributed by atoms with Crippen LogP contribution in [0.1, 0.15) is 25.5 Å². The first-order valence-electron chi connectivity index (χ1n) is 9.84. The Morgan fingerprint density at radius 3 is 2.79 bits per heavy atom. The Morgan fingerprint density at radius 1 is 1.50 bits per heavy atom. The third kappa shape index (κ3) is 4.82. The van der Waals surface area contributed by atoms with Crippen LogP contribution in [0.4, 0.5) is 5.13 Å². The van der Waals surface area contributed by atoms with Crippen molar-refractivity contribution in [1.29, 1.82) is 5.26 Å². The monoisotopic (exact) mass is 508 g/mol. The van der Waals surface area contributed by atoms with Gasteiger partial charge in [0.05, 0.1) is 19.6 Å². The standard InChI is InChI=1S/C19H20N6O7S2/c1-3-8-6-33-16-12(15(27)25(16)13(8)17(28)29)23-14(26)11(9-7-34-19(21)22-9)24-32-10(4-5-20)18(30)31-2/h7,10,12,16H,3-4,6H2,1-2H3,(H2,21,22)(H,23,26)(H,28,29)/b24-11-/t10-,12+,16+/m0/s1. The van der Waals surface area contributed by atoms with E-state index < -0.39 is 41.3 Å². The molecule has 3 heterocycles. The molecule has 2 amide bonds. The molecule has 0 unspecified atom stereocenters. The first-order chi connectivity index (χ1) is 16.2. The number of ether oxygens (including phenoxy) is 1. The number of carboxylic acid groups (broad SMARTS) is 1. The van der Waals surface area contributed by atoms with Crippen LogP contribution in [0, 0.1) is 11.3 Å². The number of thioether (sulfide) groups is 1. The summed E-state index contributed by atoms with van der Waals surface area (Å²) in [6.45, 7) is 1.80. The van der Waals surface area contributed by atoms with E-state index in [1.807, 2.05) is 0 Å². The molecule has 1 aromatic heterocycles. The fourth-order valence-electron chi connectivity index (χ4n) is 3.26. The van der Waals surface area contributed by atoms with Crippen molar-refractivity contribution in [3.63, 3.8) is 0 Å². The highest BCUT2D eigenvalue weighted by molar-refractivity contribution is 8.00. The van der Waals surface area contributed by atoms with Crippen LogP contribution in [0.25, 0.3) is 0 Å². The van der Waals surface area contributed by atoms with Crippen LogP contribution in [0.5, 0.6) is 0 Å². The fourth-order valence-corrected chi connectivity index (χ4v) is 5.25. The fraction of sp³-hybridized carbons (Fsp3) is 0.421. The number of anilines is 1. The van der Waals surface area contributed by atoms with Crippen LogP contribution < -0.4 is 11.1 Å². The van der Waals surface area contributed by atoms with E-state index in [0.717, 1.165) is 23.3 Å². The van der Waals surface area contributed by atoms with Gasteiger partial charge in [-0.2, -0.15) is 5.26 Å². The number of rotatable bonds is 9. The summed E-state index contributed by atoms with van der Waals surface area (Å²) in [7, 11) is 1.11. The number of carbonyl (C=O) groups excluding carboxylic acids is 3. The number of nitriles is 1. The second-order valence-electron chi connectivity index (χ2n) is 6.96. The minimum Gasteiger partial charge on any atom is -0.477 e. The molecule has 34 heavy (non-hydrogen) atoms. The quantitative estimate of drug-likeness (QED) is 0.176. The number of nitrogens with one attached hydrogen (secondary N) is 1. The molecular formula is C19H20N6O7S2. The number of nitrogens with two attached hydrogens (primary N) is 1. The van der Waals surface area contributed by atoms with Gasteiger partial charge in [0, 0.05) is 11.1 Å². The smallest absolute Gasteiger partial charge is 0.352 e. The molecule has 3 rings (SSSR count). The maximum atomic E-state index is 13.0. The molecule has 1 aromatic rings. The number of aliphatic carboxylic acids is 1. The highest BCUT2D eigenvalue weighted by Gasteiger charge is 2.54. The zero-order valence-electron chi connectivity index (χ0n) is 18.0. The van der Waals surface area contributed by atoms with E-state index in [1.165, 1.54) is 17.1 Å². The van der Waals surface area contributed by atoms with Crippen LogP contribution in [-0.2, 0) is 28.8 Å². The second-order valence-corrected chi connectivity index (χ2v) is 8.96. The summed E-state index contributed by atoms with van der Waals surface area (Å²) in [6, 6.07) is 0.742. The molecule has 13 nitrogen and oxygen atoms in total. The highest BCUT2D eigenvalue weighted by atomic mass is 32.2. The lowest BCUT2D eigenvalue weighted by Crippen LogP contribution is -2.71. The number of carboxylic acids is 1. The summed E-state index contributed by atoms with van der Waals surface area (Å²) in [5.41, 5.74) is 5.86. The third-order valence-corrected chi connectivity index (χ3v) is 6.97. The Labute approximate surface area is 201 Å². The average molecular weight is 509 g/mol. The summed E-state index contributed by atoms with van der Waals surface area (Å²) in [5, 5.41) is 25.6. The Balaban J connectivity index is 1.83. The average Bonchev–Trinajstić information content (AvgIpc) is 3.25. The SMILES string of the molecule is CCC1=C(C(=O)O)N2C(=O)[C@@H](NC(=O)/C(=N\O[C@@H](CC#N)C(=O)OC)c3csc(N)n3)[C@H]2SC1. The van der Waals surface area contributed by atoms with Crippen molar-refractivity contribution in [2.45, 2.75) is 37.3 Å². The predicted octanol–water partition coefficient (Wildman–Crippen LogP) is 0.0499. The molecule has 0 aliphatic carbocycles. The summed E-state index contributed by atoms with van der Waals surface area (Å²) in [5.74, 6) is -3.11. The molecule has 0 radical (unpaired) electrons. The number of methoxy groups -OCH3 is 1. The van der Waals surface area contributed by atoms with E-state index in [9.17, 15) is 24.3 Å². The van der Waals surface area contributed by atoms with Crippen molar-refractivity contribution >= 4 is 57.7 Å². The largest absolute Gasteiger partial charge is 0.477 e. The molecule has 0 saturated carbocycles. The molecule has 4 N–H and O–H groups in total. The lowest BCUT2D eigenvalue weighted by Gasteiger charge is -2.49. The Hall–Kier alpha value is -3.64. The normalized spacial score (nSPS) is 20.6. The number of amides is 2. The number of nitrogen functional groups attached to an aromatic ring is 1. The number of oxime groups is 1. The Bertz CT molecular complexity index is 1120. The van der Waals surface area contributed by atoms with Gasteiger partial charge >= 0.3 is 11.9 Å². The van der Waals surface area contributed by atoms with Gasteiger partial charge in [-0.1, -0.05) is 12.1 Å². The van der Waals surface area contributed by atoms with Crippen molar-refractivity contribution in [1.82, 2.24) is 15.2 Å². The van der Waals surface area contributed by atoms with Crippen molar-refractivity contribution in [3.05, 3.63) is 22.3 Å². The van der Waals surface area contributed by atoms with Gasteiger partial charge in [-0.15, -0.1) is 23.1 Å². The van der Waals surface area contributed by atoms with E-state index >= 15 is 0 Å². The van der Waals surface area contributed by atoms with E-state index in [-0.39, 0.29) is 28.7 Å². The molecule has 1 fully saturated rings. The molecule has 0 spiro atoms. The van der Waals surface area contributed by atoms with Gasteiger partial charge in [-0.25, -0.2) is 14.6 Å².